The highest BCUT2D eigenvalue weighted by Crippen LogP contribution is 2.34. The summed E-state index contributed by atoms with van der Waals surface area (Å²) in [5, 5.41) is 18.1. The summed E-state index contributed by atoms with van der Waals surface area (Å²) < 4.78 is 4.57. The van der Waals surface area contributed by atoms with E-state index in [1.54, 1.807) is 6.07 Å². The van der Waals surface area contributed by atoms with E-state index in [4.69, 9.17) is 5.73 Å². The first kappa shape index (κ1) is 11.4. The number of rotatable bonds is 3. The summed E-state index contributed by atoms with van der Waals surface area (Å²) in [6.07, 6.45) is 0. The van der Waals surface area contributed by atoms with Crippen molar-refractivity contribution in [1.82, 2.24) is 10.3 Å². The highest BCUT2D eigenvalue weighted by molar-refractivity contribution is 5.94. The lowest BCUT2D eigenvalue weighted by Gasteiger charge is -2.38. The van der Waals surface area contributed by atoms with Gasteiger partial charge in [-0.15, -0.1) is 0 Å². The van der Waals surface area contributed by atoms with Gasteiger partial charge in [-0.25, -0.2) is 4.63 Å². The highest BCUT2D eigenvalue weighted by Gasteiger charge is 2.33. The summed E-state index contributed by atoms with van der Waals surface area (Å²) in [4.78, 5) is 23.1. The molecular weight excluding hydrogens is 254 g/mol. The van der Waals surface area contributed by atoms with E-state index in [-0.39, 0.29) is 23.0 Å². The molecule has 1 aliphatic rings. The number of anilines is 1. The summed E-state index contributed by atoms with van der Waals surface area (Å²) in [5.41, 5.74) is 6.10. The van der Waals surface area contributed by atoms with Crippen LogP contribution < -0.4 is 10.6 Å². The number of carbonyl (C=O) groups is 1. The van der Waals surface area contributed by atoms with E-state index < -0.39 is 4.92 Å². The molecule has 0 bridgehead atoms. The fraction of sp³-hybridized carbons (Fsp3) is 0.300. The van der Waals surface area contributed by atoms with Crippen LogP contribution in [0.5, 0.6) is 0 Å². The maximum atomic E-state index is 11.0. The van der Waals surface area contributed by atoms with E-state index in [1.807, 2.05) is 4.90 Å². The van der Waals surface area contributed by atoms with E-state index in [2.05, 4.69) is 14.9 Å². The third kappa shape index (κ3) is 1.66. The second-order valence-electron chi connectivity index (χ2n) is 4.33. The third-order valence-electron chi connectivity index (χ3n) is 3.19. The molecule has 0 radical (unpaired) electrons. The van der Waals surface area contributed by atoms with Crippen molar-refractivity contribution in [2.75, 3.05) is 18.0 Å². The summed E-state index contributed by atoms with van der Waals surface area (Å²) >= 11 is 0. The molecule has 0 aliphatic carbocycles. The number of primary amides is 1. The second-order valence-corrected chi connectivity index (χ2v) is 4.33. The zero-order valence-corrected chi connectivity index (χ0v) is 9.65. The Morgan fingerprint density at radius 2 is 2.11 bits per heavy atom. The average Bonchev–Trinajstić information content (AvgIpc) is 2.74. The van der Waals surface area contributed by atoms with Crippen LogP contribution in [0.1, 0.15) is 0 Å². The average molecular weight is 263 g/mol. The first-order valence-electron chi connectivity index (χ1n) is 5.52. The number of nitro benzene ring substituents is 1. The fourth-order valence-electron chi connectivity index (χ4n) is 2.10. The number of hydrogen-bond donors (Lipinski definition) is 1. The van der Waals surface area contributed by atoms with Gasteiger partial charge in [-0.2, -0.15) is 0 Å². The second kappa shape index (κ2) is 3.90. The first-order valence-corrected chi connectivity index (χ1v) is 5.52. The molecule has 2 aromatic rings. The molecule has 0 saturated carbocycles. The van der Waals surface area contributed by atoms with Crippen molar-refractivity contribution in [2.24, 2.45) is 11.7 Å². The van der Waals surface area contributed by atoms with Crippen molar-refractivity contribution < 1.29 is 14.3 Å². The number of aromatic nitrogens is 2. The summed E-state index contributed by atoms with van der Waals surface area (Å²) in [5.74, 6) is -0.558. The minimum absolute atomic E-state index is 0.102. The lowest BCUT2D eigenvalue weighted by atomic mass is 9.98. The lowest BCUT2D eigenvalue weighted by Crippen LogP contribution is -2.52. The fourth-order valence-corrected chi connectivity index (χ4v) is 2.10. The molecule has 1 amide bonds. The van der Waals surface area contributed by atoms with Gasteiger partial charge in [0.15, 0.2) is 5.52 Å². The maximum absolute atomic E-state index is 11.0. The molecule has 0 spiro atoms. The zero-order valence-electron chi connectivity index (χ0n) is 9.65. The maximum Gasteiger partial charge on any atom is 0.300 e. The predicted octanol–water partition coefficient (Wildman–Crippen LogP) is 0.0525. The van der Waals surface area contributed by atoms with Crippen LogP contribution in [0.2, 0.25) is 0 Å². The van der Waals surface area contributed by atoms with E-state index >= 15 is 0 Å². The molecule has 1 aliphatic heterocycles. The van der Waals surface area contributed by atoms with Gasteiger partial charge in [-0.1, -0.05) is 0 Å². The number of carbonyl (C=O) groups excluding carboxylic acids is 1. The van der Waals surface area contributed by atoms with Crippen molar-refractivity contribution in [3.05, 3.63) is 22.2 Å². The van der Waals surface area contributed by atoms with Crippen LogP contribution in [-0.4, -0.2) is 34.2 Å². The molecule has 9 nitrogen and oxygen atoms in total. The molecule has 98 valence electrons. The Labute approximate surface area is 106 Å². The van der Waals surface area contributed by atoms with E-state index in [1.165, 1.54) is 6.07 Å². The van der Waals surface area contributed by atoms with Gasteiger partial charge in [-0.3, -0.25) is 14.9 Å². The topological polar surface area (TPSA) is 128 Å². The quantitative estimate of drug-likeness (QED) is 0.611. The zero-order chi connectivity index (χ0) is 13.6. The van der Waals surface area contributed by atoms with Crippen LogP contribution in [0, 0.1) is 16.0 Å². The van der Waals surface area contributed by atoms with E-state index in [0.29, 0.717) is 24.3 Å². The third-order valence-corrected chi connectivity index (χ3v) is 3.19. The number of nitro groups is 1. The molecule has 1 aromatic carbocycles. The van der Waals surface area contributed by atoms with Crippen molar-refractivity contribution in [2.45, 2.75) is 0 Å². The number of fused-ring (bicyclic) bond motifs is 1. The Balaban J connectivity index is 1.98. The largest absolute Gasteiger partial charge is 0.369 e. The molecule has 1 aromatic heterocycles. The summed E-state index contributed by atoms with van der Waals surface area (Å²) in [6, 6.07) is 2.92. The summed E-state index contributed by atoms with van der Waals surface area (Å²) in [7, 11) is 0. The molecule has 1 fully saturated rings. The number of non-ortho nitro benzene ring substituents is 1. The Bertz CT molecular complexity index is 676. The number of amides is 1. The smallest absolute Gasteiger partial charge is 0.300 e. The number of nitrogens with two attached hydrogens (primary N) is 1. The Hall–Kier alpha value is -2.71. The lowest BCUT2D eigenvalue weighted by molar-refractivity contribution is -0.383. The van der Waals surface area contributed by atoms with E-state index in [0.717, 1.165) is 0 Å². The summed E-state index contributed by atoms with van der Waals surface area (Å²) in [6.45, 7) is 0.935. The Morgan fingerprint density at radius 3 is 2.74 bits per heavy atom. The SMILES string of the molecule is NC(=O)C1CN(c2ccc([N+](=O)[O-])c3nonc23)C1. The van der Waals surface area contributed by atoms with Gasteiger partial charge in [0, 0.05) is 19.2 Å². The number of benzene rings is 1. The van der Waals surface area contributed by atoms with Crippen LogP contribution >= 0.6 is 0 Å². The highest BCUT2D eigenvalue weighted by atomic mass is 16.6. The minimum Gasteiger partial charge on any atom is -0.369 e. The molecular formula is C10H9N5O4. The van der Waals surface area contributed by atoms with Gasteiger partial charge in [0.25, 0.3) is 0 Å². The van der Waals surface area contributed by atoms with Gasteiger partial charge in [0.1, 0.15) is 0 Å². The van der Waals surface area contributed by atoms with Crippen LogP contribution in [0.25, 0.3) is 11.0 Å². The standard InChI is InChI=1S/C10H9N5O4/c11-10(16)5-3-14(4-5)6-1-2-7(15(17)18)9-8(6)12-19-13-9/h1-2,5H,3-4H2,(H2,11,16). The monoisotopic (exact) mass is 263 g/mol. The molecule has 9 heteroatoms. The van der Waals surface area contributed by atoms with E-state index in [9.17, 15) is 14.9 Å². The van der Waals surface area contributed by atoms with Gasteiger partial charge < -0.3 is 10.6 Å². The molecule has 0 unspecified atom stereocenters. The minimum atomic E-state index is -0.543. The number of hydrogen-bond acceptors (Lipinski definition) is 7. The van der Waals surface area contributed by atoms with Crippen LogP contribution in [0.15, 0.2) is 16.8 Å². The van der Waals surface area contributed by atoms with Crippen molar-refractivity contribution >= 4 is 28.3 Å². The van der Waals surface area contributed by atoms with Gasteiger partial charge in [0.05, 0.1) is 16.5 Å². The molecule has 2 heterocycles. The van der Waals surface area contributed by atoms with Crippen molar-refractivity contribution in [3.63, 3.8) is 0 Å². The van der Waals surface area contributed by atoms with Crippen LogP contribution in [-0.2, 0) is 4.79 Å². The van der Waals surface area contributed by atoms with Crippen molar-refractivity contribution in [3.8, 4) is 0 Å². The van der Waals surface area contributed by atoms with Gasteiger partial charge >= 0.3 is 5.69 Å². The molecule has 1 saturated heterocycles. The molecule has 3 rings (SSSR count). The van der Waals surface area contributed by atoms with Gasteiger partial charge in [0.2, 0.25) is 11.4 Å². The normalized spacial score (nSPS) is 15.5. The Morgan fingerprint density at radius 1 is 1.42 bits per heavy atom. The first-order chi connectivity index (χ1) is 9.08. The van der Waals surface area contributed by atoms with Crippen LogP contribution in [0.4, 0.5) is 11.4 Å². The number of nitrogens with zero attached hydrogens (tertiary/aromatic N) is 4. The molecule has 2 N–H and O–H groups in total. The molecule has 0 atom stereocenters. The molecule has 19 heavy (non-hydrogen) atoms. The van der Waals surface area contributed by atoms with Gasteiger partial charge in [-0.05, 0) is 16.4 Å². The van der Waals surface area contributed by atoms with Crippen molar-refractivity contribution in [1.29, 1.82) is 0 Å². The predicted molar refractivity (Wildman–Crippen MR) is 63.4 cm³/mol. The van der Waals surface area contributed by atoms with Crippen LogP contribution in [0.3, 0.4) is 0 Å². The Kier molecular flexibility index (Phi) is 2.34.